The fourth-order valence-corrected chi connectivity index (χ4v) is 16.5. The first-order valence-corrected chi connectivity index (χ1v) is 52.1. The molecule has 0 saturated heterocycles. The molecule has 17 nitrogen and oxygen atoms in total. The molecule has 0 bridgehead atoms. The maximum absolute atomic E-state index is 13.2. The summed E-state index contributed by atoms with van der Waals surface area (Å²) in [5.41, 5.74) is 0. The van der Waals surface area contributed by atoms with Gasteiger partial charge in [0.05, 0.1) is 26.4 Å². The Kier molecular flexibility index (Phi) is 84.6. The summed E-state index contributed by atoms with van der Waals surface area (Å²) in [6.07, 6.45) is 81.9. The average Bonchev–Trinajstić information content (AvgIpc) is 0.897. The van der Waals surface area contributed by atoms with Gasteiger partial charge in [-0.05, 0) is 37.5 Å². The van der Waals surface area contributed by atoms with Crippen LogP contribution < -0.4 is 0 Å². The van der Waals surface area contributed by atoms with Gasteiger partial charge in [0.2, 0.25) is 0 Å². The van der Waals surface area contributed by atoms with Gasteiger partial charge < -0.3 is 33.8 Å². The van der Waals surface area contributed by atoms with Gasteiger partial charge in [-0.2, -0.15) is 0 Å². The molecular weight excluding hydrogens is 1470 g/mol. The Balaban J connectivity index is 5.24. The number of carbonyl (C=O) groups is 4. The normalized spacial score (nSPS) is 14.1. The summed E-state index contributed by atoms with van der Waals surface area (Å²) >= 11 is 0. The third kappa shape index (κ3) is 85.1. The van der Waals surface area contributed by atoms with Crippen molar-refractivity contribution >= 4 is 39.5 Å². The Hall–Kier alpha value is -1.94. The highest BCUT2D eigenvalue weighted by Gasteiger charge is 2.31. The van der Waals surface area contributed by atoms with Gasteiger partial charge in [-0.15, -0.1) is 0 Å². The van der Waals surface area contributed by atoms with Crippen molar-refractivity contribution in [1.29, 1.82) is 0 Å². The van der Waals surface area contributed by atoms with Crippen molar-refractivity contribution < 1.29 is 80.2 Å². The fourth-order valence-electron chi connectivity index (χ4n) is 14.9. The first kappa shape index (κ1) is 112. The maximum Gasteiger partial charge on any atom is 0.472 e. The molecule has 4 unspecified atom stereocenters. The molecular formula is C95H186O17P2. The molecule has 0 aliphatic rings. The van der Waals surface area contributed by atoms with Crippen LogP contribution >= 0.6 is 15.6 Å². The minimum absolute atomic E-state index is 0.109. The van der Waals surface area contributed by atoms with Crippen LogP contribution in [0.1, 0.15) is 517 Å². The number of phosphoric ester groups is 2. The minimum atomic E-state index is -4.97. The quantitative estimate of drug-likeness (QED) is 0.0222. The molecule has 0 radical (unpaired) electrons. The van der Waals surface area contributed by atoms with Gasteiger partial charge in [-0.3, -0.25) is 37.3 Å². The van der Waals surface area contributed by atoms with E-state index in [2.05, 4.69) is 41.5 Å². The molecule has 19 heteroatoms. The third-order valence-electron chi connectivity index (χ3n) is 23.2. The number of rotatable bonds is 94. The number of aliphatic hydroxyl groups excluding tert-OH is 1. The van der Waals surface area contributed by atoms with E-state index in [1.165, 1.54) is 334 Å². The van der Waals surface area contributed by atoms with Gasteiger partial charge in [0, 0.05) is 25.7 Å². The van der Waals surface area contributed by atoms with Crippen LogP contribution in [0.2, 0.25) is 0 Å². The highest BCUT2D eigenvalue weighted by atomic mass is 31.2. The molecule has 0 saturated carbocycles. The summed E-state index contributed by atoms with van der Waals surface area (Å²) in [6, 6.07) is 0. The molecule has 0 aromatic carbocycles. The predicted octanol–water partition coefficient (Wildman–Crippen LogP) is 29.7. The maximum atomic E-state index is 13.2. The lowest BCUT2D eigenvalue weighted by molar-refractivity contribution is -0.161. The second-order valence-corrected chi connectivity index (χ2v) is 37.5. The van der Waals surface area contributed by atoms with E-state index in [1.807, 2.05) is 0 Å². The zero-order valence-electron chi connectivity index (χ0n) is 75.4. The second-order valence-electron chi connectivity index (χ2n) is 34.6. The van der Waals surface area contributed by atoms with Crippen molar-refractivity contribution in [3.63, 3.8) is 0 Å². The number of esters is 4. The molecule has 0 aliphatic carbocycles. The number of carbonyl (C=O) groups excluding carboxylic acids is 4. The van der Waals surface area contributed by atoms with E-state index in [-0.39, 0.29) is 25.7 Å². The number of ether oxygens (including phenoxy) is 4. The van der Waals surface area contributed by atoms with Gasteiger partial charge in [0.1, 0.15) is 19.3 Å². The zero-order valence-corrected chi connectivity index (χ0v) is 77.2. The van der Waals surface area contributed by atoms with E-state index in [1.54, 1.807) is 0 Å². The Morgan fingerprint density at radius 1 is 0.246 bits per heavy atom. The molecule has 0 rings (SSSR count). The largest absolute Gasteiger partial charge is 0.472 e. The zero-order chi connectivity index (χ0) is 83.4. The van der Waals surface area contributed by atoms with Crippen molar-refractivity contribution in [2.75, 3.05) is 39.6 Å². The van der Waals surface area contributed by atoms with E-state index in [9.17, 15) is 43.2 Å². The van der Waals surface area contributed by atoms with Crippen LogP contribution in [0.4, 0.5) is 0 Å². The van der Waals surface area contributed by atoms with Crippen LogP contribution in [0.15, 0.2) is 0 Å². The lowest BCUT2D eigenvalue weighted by Gasteiger charge is -2.21. The third-order valence-corrected chi connectivity index (χ3v) is 25.1. The molecule has 0 heterocycles. The monoisotopic (exact) mass is 1660 g/mol. The second kappa shape index (κ2) is 86.0. The molecule has 0 aliphatic heterocycles. The molecule has 0 aromatic heterocycles. The molecule has 0 aromatic rings. The van der Waals surface area contributed by atoms with E-state index < -0.39 is 97.5 Å². The van der Waals surface area contributed by atoms with Crippen LogP contribution in [0.25, 0.3) is 0 Å². The Morgan fingerprint density at radius 2 is 0.421 bits per heavy atom. The molecule has 0 spiro atoms. The molecule has 7 atom stereocenters. The minimum Gasteiger partial charge on any atom is -0.462 e. The molecule has 0 fully saturated rings. The highest BCUT2D eigenvalue weighted by Crippen LogP contribution is 2.45. The van der Waals surface area contributed by atoms with Gasteiger partial charge >= 0.3 is 39.5 Å². The number of unbranched alkanes of at least 4 members (excludes halogenated alkanes) is 62. The number of aliphatic hydroxyl groups is 1. The van der Waals surface area contributed by atoms with Crippen molar-refractivity contribution in [3.8, 4) is 0 Å². The lowest BCUT2D eigenvalue weighted by Crippen LogP contribution is -2.30. The van der Waals surface area contributed by atoms with Gasteiger partial charge in [0.15, 0.2) is 12.2 Å². The topological polar surface area (TPSA) is 237 Å². The Labute approximate surface area is 702 Å². The summed E-state index contributed by atoms with van der Waals surface area (Å²) in [6.45, 7) is 9.87. The number of phosphoric acid groups is 2. The van der Waals surface area contributed by atoms with E-state index >= 15 is 0 Å². The molecule has 678 valence electrons. The number of hydrogen-bond acceptors (Lipinski definition) is 15. The van der Waals surface area contributed by atoms with Crippen LogP contribution in [-0.2, 0) is 65.4 Å². The highest BCUT2D eigenvalue weighted by molar-refractivity contribution is 7.47. The van der Waals surface area contributed by atoms with Gasteiger partial charge in [-0.1, -0.05) is 465 Å². The lowest BCUT2D eigenvalue weighted by atomic mass is 9.99. The van der Waals surface area contributed by atoms with Gasteiger partial charge in [0.25, 0.3) is 0 Å². The molecule has 114 heavy (non-hydrogen) atoms. The van der Waals surface area contributed by atoms with E-state index in [4.69, 9.17) is 37.0 Å². The first-order valence-electron chi connectivity index (χ1n) is 49.1. The standard InChI is InChI=1S/C95H186O17P2/c1-7-11-13-15-17-19-21-23-24-25-32-38-43-49-55-61-67-73-79-94(99)111-90(83-105-92(97)77-71-65-59-53-47-22-20-18-16-14-12-8-2)85-109-113(101,102)107-81-89(96)82-108-114(103,104)110-86-91(112-95(100)80-74-68-62-56-50-44-39-34-29-27-31-36-41-46-52-58-64-70-76-88(6)10-4)84-106-93(98)78-72-66-60-54-48-42-37-33-28-26-30-35-40-45-51-57-63-69-75-87(5)9-3/h87-91,96H,7-86H2,1-6H3,(H,101,102)(H,103,104)/t87?,88?,89-,90+,91+/m0/s1. The number of hydrogen-bond donors (Lipinski definition) is 3. The van der Waals surface area contributed by atoms with Crippen LogP contribution in [-0.4, -0.2) is 96.7 Å². The summed E-state index contributed by atoms with van der Waals surface area (Å²) in [7, 11) is -9.94. The molecule has 0 amide bonds. The average molecular weight is 1660 g/mol. The van der Waals surface area contributed by atoms with Gasteiger partial charge in [-0.25, -0.2) is 9.13 Å². The smallest absolute Gasteiger partial charge is 0.462 e. The fraction of sp³-hybridized carbons (Fsp3) is 0.958. The van der Waals surface area contributed by atoms with Crippen molar-refractivity contribution in [2.24, 2.45) is 11.8 Å². The summed E-state index contributed by atoms with van der Waals surface area (Å²) < 4.78 is 69.2. The summed E-state index contributed by atoms with van der Waals surface area (Å²) in [5, 5.41) is 10.7. The first-order chi connectivity index (χ1) is 55.4. The van der Waals surface area contributed by atoms with Crippen molar-refractivity contribution in [1.82, 2.24) is 0 Å². The van der Waals surface area contributed by atoms with Crippen LogP contribution in [0, 0.1) is 11.8 Å². The summed E-state index contributed by atoms with van der Waals surface area (Å²) in [5.74, 6) is -0.344. The van der Waals surface area contributed by atoms with Crippen molar-refractivity contribution in [3.05, 3.63) is 0 Å². The Bertz CT molecular complexity index is 2170. The van der Waals surface area contributed by atoms with E-state index in [0.717, 1.165) is 102 Å². The van der Waals surface area contributed by atoms with E-state index in [0.29, 0.717) is 25.7 Å². The van der Waals surface area contributed by atoms with Crippen molar-refractivity contribution in [2.45, 2.75) is 535 Å². The van der Waals surface area contributed by atoms with Crippen LogP contribution in [0.5, 0.6) is 0 Å². The SMILES string of the molecule is CCCCCCCCCCCCCCCCCCCCC(=O)O[C@H](COC(=O)CCCCCCCCCCCCCC)COP(=O)(O)OC[C@H](O)COP(=O)(O)OC[C@@H](COC(=O)CCCCCCCCCCCCCCCCCCCCC(C)CC)OC(=O)CCCCCCCCCCCCCCCCCCCCC(C)CC. The Morgan fingerprint density at radius 3 is 0.623 bits per heavy atom. The molecule has 3 N–H and O–H groups in total. The summed E-state index contributed by atoms with van der Waals surface area (Å²) in [4.78, 5) is 73.6. The predicted molar refractivity (Wildman–Crippen MR) is 474 cm³/mol. The van der Waals surface area contributed by atoms with Crippen LogP contribution in [0.3, 0.4) is 0 Å².